The van der Waals surface area contributed by atoms with Gasteiger partial charge in [-0.15, -0.1) is 0 Å². The van der Waals surface area contributed by atoms with Crippen molar-refractivity contribution in [2.45, 2.75) is 19.8 Å². The highest BCUT2D eigenvalue weighted by Gasteiger charge is 2.01. The SMILES string of the molecule is C/C(CCc1ccccc1)=N\NC(=O)CNc1cccc(Br)c1. The van der Waals surface area contributed by atoms with E-state index in [1.807, 2.05) is 49.4 Å². The number of aryl methyl sites for hydroxylation is 1. The maximum absolute atomic E-state index is 11.8. The molecule has 120 valence electrons. The van der Waals surface area contributed by atoms with Gasteiger partial charge in [0.2, 0.25) is 0 Å². The zero-order chi connectivity index (χ0) is 16.5. The molecule has 2 rings (SSSR count). The number of nitrogens with zero attached hydrogens (tertiary/aromatic N) is 1. The van der Waals surface area contributed by atoms with Crippen molar-refractivity contribution >= 4 is 33.2 Å². The van der Waals surface area contributed by atoms with Gasteiger partial charge in [0, 0.05) is 15.9 Å². The van der Waals surface area contributed by atoms with Gasteiger partial charge in [0.05, 0.1) is 6.54 Å². The number of anilines is 1. The maximum Gasteiger partial charge on any atom is 0.259 e. The summed E-state index contributed by atoms with van der Waals surface area (Å²) >= 11 is 3.39. The lowest BCUT2D eigenvalue weighted by atomic mass is 10.1. The number of hydrogen-bond acceptors (Lipinski definition) is 3. The van der Waals surface area contributed by atoms with Gasteiger partial charge >= 0.3 is 0 Å². The molecule has 0 spiro atoms. The van der Waals surface area contributed by atoms with E-state index in [-0.39, 0.29) is 12.5 Å². The van der Waals surface area contributed by atoms with Crippen molar-refractivity contribution in [2.75, 3.05) is 11.9 Å². The van der Waals surface area contributed by atoms with Crippen LogP contribution in [0, 0.1) is 0 Å². The van der Waals surface area contributed by atoms with Crippen LogP contribution in [0.15, 0.2) is 64.2 Å². The second-order valence-corrected chi connectivity index (χ2v) is 6.15. The zero-order valence-corrected chi connectivity index (χ0v) is 14.6. The first-order valence-corrected chi connectivity index (χ1v) is 8.28. The fraction of sp³-hybridized carbons (Fsp3) is 0.222. The van der Waals surface area contributed by atoms with E-state index < -0.39 is 0 Å². The lowest BCUT2D eigenvalue weighted by molar-refractivity contribution is -0.119. The zero-order valence-electron chi connectivity index (χ0n) is 13.1. The number of nitrogens with one attached hydrogen (secondary N) is 2. The molecule has 4 nitrogen and oxygen atoms in total. The summed E-state index contributed by atoms with van der Waals surface area (Å²) in [4.78, 5) is 11.8. The summed E-state index contributed by atoms with van der Waals surface area (Å²) in [5.74, 6) is -0.163. The number of amides is 1. The molecule has 0 unspecified atom stereocenters. The Labute approximate surface area is 145 Å². The molecule has 0 aliphatic heterocycles. The Bertz CT molecular complexity index is 671. The topological polar surface area (TPSA) is 53.5 Å². The molecule has 0 fully saturated rings. The molecule has 0 saturated carbocycles. The van der Waals surface area contributed by atoms with E-state index in [0.29, 0.717) is 0 Å². The molecule has 1 amide bonds. The van der Waals surface area contributed by atoms with Crippen LogP contribution in [0.2, 0.25) is 0 Å². The van der Waals surface area contributed by atoms with Crippen molar-refractivity contribution in [2.24, 2.45) is 5.10 Å². The van der Waals surface area contributed by atoms with Crippen molar-refractivity contribution in [1.29, 1.82) is 0 Å². The molecule has 2 aromatic carbocycles. The second kappa shape index (κ2) is 9.10. The second-order valence-electron chi connectivity index (χ2n) is 5.23. The Morgan fingerprint density at radius 1 is 1.13 bits per heavy atom. The van der Waals surface area contributed by atoms with Crippen molar-refractivity contribution in [3.8, 4) is 0 Å². The highest BCUT2D eigenvalue weighted by molar-refractivity contribution is 9.10. The molecule has 23 heavy (non-hydrogen) atoms. The Balaban J connectivity index is 1.72. The average Bonchev–Trinajstić information content (AvgIpc) is 2.57. The van der Waals surface area contributed by atoms with Gasteiger partial charge in [-0.1, -0.05) is 52.3 Å². The van der Waals surface area contributed by atoms with Crippen LogP contribution >= 0.6 is 15.9 Å². The molecule has 2 N–H and O–H groups in total. The van der Waals surface area contributed by atoms with Crippen LogP contribution in [-0.4, -0.2) is 18.2 Å². The van der Waals surface area contributed by atoms with Gasteiger partial charge in [0.1, 0.15) is 0 Å². The molecule has 0 saturated heterocycles. The summed E-state index contributed by atoms with van der Waals surface area (Å²) in [6, 6.07) is 17.9. The third kappa shape index (κ3) is 6.65. The molecule has 0 heterocycles. The van der Waals surface area contributed by atoms with Crippen LogP contribution in [0.25, 0.3) is 0 Å². The number of carbonyl (C=O) groups is 1. The van der Waals surface area contributed by atoms with Gasteiger partial charge in [-0.25, -0.2) is 5.43 Å². The highest BCUT2D eigenvalue weighted by atomic mass is 79.9. The smallest absolute Gasteiger partial charge is 0.259 e. The van der Waals surface area contributed by atoms with Crippen molar-refractivity contribution in [3.05, 3.63) is 64.6 Å². The van der Waals surface area contributed by atoms with Crippen LogP contribution in [0.3, 0.4) is 0 Å². The van der Waals surface area contributed by atoms with Gasteiger partial charge in [-0.2, -0.15) is 5.10 Å². The maximum atomic E-state index is 11.8. The summed E-state index contributed by atoms with van der Waals surface area (Å²) in [7, 11) is 0. The summed E-state index contributed by atoms with van der Waals surface area (Å²) in [5.41, 5.74) is 5.64. The first-order chi connectivity index (χ1) is 11.1. The van der Waals surface area contributed by atoms with E-state index in [2.05, 4.69) is 43.9 Å². The van der Waals surface area contributed by atoms with Crippen LogP contribution in [0.5, 0.6) is 0 Å². The van der Waals surface area contributed by atoms with Crippen molar-refractivity contribution in [3.63, 3.8) is 0 Å². The quantitative estimate of drug-likeness (QED) is 0.569. The summed E-state index contributed by atoms with van der Waals surface area (Å²) in [6.45, 7) is 2.11. The minimum atomic E-state index is -0.163. The normalized spacial score (nSPS) is 11.1. The molecule has 0 bridgehead atoms. The van der Waals surface area contributed by atoms with E-state index in [1.54, 1.807) is 0 Å². The number of rotatable bonds is 7. The number of benzene rings is 2. The van der Waals surface area contributed by atoms with Gasteiger partial charge in [-0.3, -0.25) is 4.79 Å². The standard InChI is InChI=1S/C18H20BrN3O/c1-14(10-11-15-6-3-2-4-7-15)21-22-18(23)13-20-17-9-5-8-16(19)12-17/h2-9,12,20H,10-11,13H2,1H3,(H,22,23)/b21-14+. The van der Waals surface area contributed by atoms with Crippen LogP contribution in [0.1, 0.15) is 18.9 Å². The fourth-order valence-electron chi connectivity index (χ4n) is 2.00. The third-order valence-electron chi connectivity index (χ3n) is 3.27. The molecule has 0 aromatic heterocycles. The van der Waals surface area contributed by atoms with Crippen molar-refractivity contribution in [1.82, 2.24) is 5.43 Å². The van der Waals surface area contributed by atoms with E-state index in [1.165, 1.54) is 5.56 Å². The average molecular weight is 374 g/mol. The lowest BCUT2D eigenvalue weighted by Crippen LogP contribution is -2.26. The number of halogens is 1. The molecule has 0 atom stereocenters. The van der Waals surface area contributed by atoms with Crippen LogP contribution in [-0.2, 0) is 11.2 Å². The highest BCUT2D eigenvalue weighted by Crippen LogP contribution is 2.15. The summed E-state index contributed by atoms with van der Waals surface area (Å²) in [6.07, 6.45) is 1.74. The molecule has 0 radical (unpaired) electrons. The minimum Gasteiger partial charge on any atom is -0.376 e. The van der Waals surface area contributed by atoms with Gasteiger partial charge in [-0.05, 0) is 43.5 Å². The molecule has 2 aromatic rings. The monoisotopic (exact) mass is 373 g/mol. The largest absolute Gasteiger partial charge is 0.376 e. The molecular formula is C18H20BrN3O. The lowest BCUT2D eigenvalue weighted by Gasteiger charge is -2.06. The minimum absolute atomic E-state index is 0.163. The van der Waals surface area contributed by atoms with Gasteiger partial charge in [0.15, 0.2) is 0 Å². The number of hydrogen-bond donors (Lipinski definition) is 2. The Kier molecular flexibility index (Phi) is 6.81. The Morgan fingerprint density at radius 3 is 2.65 bits per heavy atom. The predicted molar refractivity (Wildman–Crippen MR) is 98.6 cm³/mol. The van der Waals surface area contributed by atoms with Gasteiger partial charge in [0.25, 0.3) is 5.91 Å². The molecule has 0 aliphatic rings. The first-order valence-electron chi connectivity index (χ1n) is 7.49. The van der Waals surface area contributed by atoms with Crippen LogP contribution < -0.4 is 10.7 Å². The Morgan fingerprint density at radius 2 is 1.91 bits per heavy atom. The number of carbonyl (C=O) groups excluding carboxylic acids is 1. The summed E-state index contributed by atoms with van der Waals surface area (Å²) in [5, 5.41) is 7.19. The van der Waals surface area contributed by atoms with E-state index in [9.17, 15) is 4.79 Å². The fourth-order valence-corrected chi connectivity index (χ4v) is 2.40. The van der Waals surface area contributed by atoms with Crippen molar-refractivity contribution < 1.29 is 4.79 Å². The number of hydrazone groups is 1. The first kappa shape index (κ1) is 17.2. The molecule has 0 aliphatic carbocycles. The van der Waals surface area contributed by atoms with Gasteiger partial charge < -0.3 is 5.32 Å². The summed E-state index contributed by atoms with van der Waals surface area (Å²) < 4.78 is 0.970. The third-order valence-corrected chi connectivity index (χ3v) is 3.76. The molecule has 5 heteroatoms. The molecular weight excluding hydrogens is 354 g/mol. The van der Waals surface area contributed by atoms with Crippen LogP contribution in [0.4, 0.5) is 5.69 Å². The van der Waals surface area contributed by atoms with E-state index >= 15 is 0 Å². The predicted octanol–water partition coefficient (Wildman–Crippen LogP) is 3.99. The van der Waals surface area contributed by atoms with E-state index in [4.69, 9.17) is 0 Å². The van der Waals surface area contributed by atoms with E-state index in [0.717, 1.165) is 28.7 Å². The Hall–Kier alpha value is -2.14.